The highest BCUT2D eigenvalue weighted by molar-refractivity contribution is 7.83. The van der Waals surface area contributed by atoms with Crippen LogP contribution >= 0.6 is 12.6 Å². The first kappa shape index (κ1) is 9.83. The Labute approximate surface area is 69.4 Å². The van der Waals surface area contributed by atoms with Crippen molar-refractivity contribution in [3.05, 3.63) is 23.1 Å². The summed E-state index contributed by atoms with van der Waals surface area (Å²) in [4.78, 5) is 0. The molecule has 0 saturated carbocycles. The molecule has 0 fully saturated rings. The summed E-state index contributed by atoms with van der Waals surface area (Å²) < 4.78 is 0. The third-order valence-corrected chi connectivity index (χ3v) is 1.54. The number of rotatable bonds is 4. The van der Waals surface area contributed by atoms with Crippen molar-refractivity contribution in [2.45, 2.75) is 33.1 Å². The van der Waals surface area contributed by atoms with E-state index in [0.717, 1.165) is 6.42 Å². The van der Waals surface area contributed by atoms with E-state index in [9.17, 15) is 0 Å². The molecule has 0 aliphatic carbocycles. The summed E-state index contributed by atoms with van der Waals surface area (Å²) in [5.41, 5.74) is 1.39. The molecule has 10 heavy (non-hydrogen) atoms. The molecular weight excluding hydrogens is 140 g/mol. The van der Waals surface area contributed by atoms with Gasteiger partial charge >= 0.3 is 0 Å². The number of unbranched alkanes of at least 4 members (excludes halogenated alkanes) is 1. The van der Waals surface area contributed by atoms with Crippen molar-refractivity contribution in [3.8, 4) is 0 Å². The van der Waals surface area contributed by atoms with E-state index in [1.165, 1.54) is 18.4 Å². The Morgan fingerprint density at radius 2 is 2.10 bits per heavy atom. The van der Waals surface area contributed by atoms with Crippen molar-refractivity contribution in [1.29, 1.82) is 0 Å². The van der Waals surface area contributed by atoms with Crippen molar-refractivity contribution in [1.82, 2.24) is 0 Å². The molecule has 0 heterocycles. The molecule has 0 aromatic heterocycles. The number of allylic oxidation sites excluding steroid dienone is 3. The summed E-state index contributed by atoms with van der Waals surface area (Å²) in [6.07, 6.45) is 7.84. The van der Waals surface area contributed by atoms with Gasteiger partial charge in [0.25, 0.3) is 0 Å². The number of thiol groups is 1. The molecule has 0 aliphatic heterocycles. The zero-order valence-electron chi connectivity index (χ0n) is 6.80. The number of hydrogen-bond donors (Lipinski definition) is 1. The molecule has 0 spiro atoms. The largest absolute Gasteiger partial charge is 0.151 e. The molecule has 0 nitrogen and oxygen atoms in total. The van der Waals surface area contributed by atoms with Crippen molar-refractivity contribution >= 4 is 12.6 Å². The smallest absolute Gasteiger partial charge is 0.0310 e. The molecule has 0 N–H and O–H groups in total. The Morgan fingerprint density at radius 3 is 2.50 bits per heavy atom. The van der Waals surface area contributed by atoms with Crippen LogP contribution in [-0.4, -0.2) is 0 Å². The van der Waals surface area contributed by atoms with Crippen molar-refractivity contribution < 1.29 is 0 Å². The molecule has 0 radical (unpaired) electrons. The van der Waals surface area contributed by atoms with Crippen molar-refractivity contribution in [2.24, 2.45) is 0 Å². The van der Waals surface area contributed by atoms with E-state index in [1.807, 2.05) is 0 Å². The van der Waals surface area contributed by atoms with Gasteiger partial charge in [-0.2, -0.15) is 12.6 Å². The maximum Gasteiger partial charge on any atom is -0.0310 e. The van der Waals surface area contributed by atoms with Gasteiger partial charge in [0.2, 0.25) is 0 Å². The molecule has 0 aliphatic rings. The molecule has 0 unspecified atom stereocenters. The summed E-state index contributed by atoms with van der Waals surface area (Å²) in [6, 6.07) is 0. The second kappa shape index (κ2) is 6.94. The Morgan fingerprint density at radius 1 is 1.40 bits per heavy atom. The third kappa shape index (κ3) is 4.68. The fourth-order valence-electron chi connectivity index (χ4n) is 0.756. The number of hydrogen-bond acceptors (Lipinski definition) is 1. The van der Waals surface area contributed by atoms with Crippen LogP contribution < -0.4 is 0 Å². The first-order chi connectivity index (χ1) is 4.85. The van der Waals surface area contributed by atoms with E-state index in [0.29, 0.717) is 0 Å². The van der Waals surface area contributed by atoms with Gasteiger partial charge in [-0.15, -0.1) is 0 Å². The Hall–Kier alpha value is -0.170. The van der Waals surface area contributed by atoms with Gasteiger partial charge in [0.1, 0.15) is 0 Å². The lowest BCUT2D eigenvalue weighted by atomic mass is 10.1. The minimum absolute atomic E-state index is 1.11. The van der Waals surface area contributed by atoms with Gasteiger partial charge in [0.05, 0.1) is 0 Å². The van der Waals surface area contributed by atoms with Crippen LogP contribution in [0.5, 0.6) is 0 Å². The Bertz CT molecular complexity index is 123. The maximum atomic E-state index is 4.01. The van der Waals surface area contributed by atoms with E-state index < -0.39 is 0 Å². The third-order valence-electron chi connectivity index (χ3n) is 1.39. The summed E-state index contributed by atoms with van der Waals surface area (Å²) in [5, 5.41) is 1.80. The molecule has 0 aromatic carbocycles. The average molecular weight is 156 g/mol. The second-order valence-corrected chi connectivity index (χ2v) is 2.54. The van der Waals surface area contributed by atoms with Crippen LogP contribution in [0.1, 0.15) is 33.1 Å². The highest BCUT2D eigenvalue weighted by Crippen LogP contribution is 2.05. The monoisotopic (exact) mass is 156 g/mol. The van der Waals surface area contributed by atoms with E-state index in [4.69, 9.17) is 0 Å². The topological polar surface area (TPSA) is 0 Å². The molecule has 58 valence electrons. The summed E-state index contributed by atoms with van der Waals surface area (Å²) >= 11 is 4.01. The quantitative estimate of drug-likeness (QED) is 0.467. The maximum absolute atomic E-state index is 4.01. The predicted octanol–water partition coefficient (Wildman–Crippen LogP) is 3.57. The van der Waals surface area contributed by atoms with Gasteiger partial charge < -0.3 is 0 Å². The van der Waals surface area contributed by atoms with Gasteiger partial charge in [-0.25, -0.2) is 0 Å². The zero-order valence-corrected chi connectivity index (χ0v) is 7.70. The van der Waals surface area contributed by atoms with Crippen LogP contribution in [-0.2, 0) is 0 Å². The molecule has 0 atom stereocenters. The van der Waals surface area contributed by atoms with Gasteiger partial charge in [-0.05, 0) is 18.2 Å². The summed E-state index contributed by atoms with van der Waals surface area (Å²) in [6.45, 7) is 4.35. The minimum atomic E-state index is 1.11. The van der Waals surface area contributed by atoms with Crippen molar-refractivity contribution in [3.63, 3.8) is 0 Å². The lowest BCUT2D eigenvalue weighted by molar-refractivity contribution is 0.942. The second-order valence-electron chi connectivity index (χ2n) is 2.24. The summed E-state index contributed by atoms with van der Waals surface area (Å²) in [7, 11) is 0. The molecule has 0 amide bonds. The Balaban J connectivity index is 3.78. The average Bonchev–Trinajstić information content (AvgIpc) is 1.98. The predicted molar refractivity (Wildman–Crippen MR) is 51.4 cm³/mol. The van der Waals surface area contributed by atoms with E-state index in [-0.39, 0.29) is 0 Å². The molecule has 0 aromatic rings. The standard InChI is InChI=1S/C9H16S/c1-3-5-6-9(4-2)7-8-10/h6-8,10H,3-5H2,1-2H3/b8-7-,9-6+. The summed E-state index contributed by atoms with van der Waals surface area (Å²) in [5.74, 6) is 0. The van der Waals surface area contributed by atoms with Crippen LogP contribution in [0.2, 0.25) is 0 Å². The minimum Gasteiger partial charge on any atom is -0.151 e. The van der Waals surface area contributed by atoms with E-state index in [2.05, 4.69) is 38.6 Å². The molecular formula is C9H16S. The Kier molecular flexibility index (Phi) is 6.83. The van der Waals surface area contributed by atoms with Crippen molar-refractivity contribution in [2.75, 3.05) is 0 Å². The first-order valence-electron chi connectivity index (χ1n) is 3.84. The van der Waals surface area contributed by atoms with Crippen LogP contribution in [0.3, 0.4) is 0 Å². The first-order valence-corrected chi connectivity index (χ1v) is 4.36. The van der Waals surface area contributed by atoms with Crippen LogP contribution in [0.15, 0.2) is 23.1 Å². The van der Waals surface area contributed by atoms with Gasteiger partial charge in [0.15, 0.2) is 0 Å². The fourth-order valence-corrected chi connectivity index (χ4v) is 0.947. The van der Waals surface area contributed by atoms with Crippen LogP contribution in [0, 0.1) is 0 Å². The SMILES string of the molecule is CCC/C=C(/C=C\S)CC. The fraction of sp³-hybridized carbons (Fsp3) is 0.556. The van der Waals surface area contributed by atoms with Gasteiger partial charge in [-0.1, -0.05) is 38.0 Å². The lowest BCUT2D eigenvalue weighted by Gasteiger charge is -1.94. The highest BCUT2D eigenvalue weighted by atomic mass is 32.1. The molecule has 0 rings (SSSR count). The van der Waals surface area contributed by atoms with Crippen LogP contribution in [0.4, 0.5) is 0 Å². The van der Waals surface area contributed by atoms with Crippen LogP contribution in [0.25, 0.3) is 0 Å². The molecule has 1 heteroatoms. The highest BCUT2D eigenvalue weighted by Gasteiger charge is 1.84. The normalized spacial score (nSPS) is 12.9. The van der Waals surface area contributed by atoms with E-state index in [1.54, 1.807) is 5.41 Å². The zero-order chi connectivity index (χ0) is 7.82. The lowest BCUT2D eigenvalue weighted by Crippen LogP contribution is -1.73. The molecule has 0 saturated heterocycles. The molecule has 0 bridgehead atoms. The van der Waals surface area contributed by atoms with Gasteiger partial charge in [0, 0.05) is 0 Å². The van der Waals surface area contributed by atoms with Gasteiger partial charge in [-0.3, -0.25) is 0 Å². The van der Waals surface area contributed by atoms with E-state index >= 15 is 0 Å².